The van der Waals surface area contributed by atoms with Crippen molar-refractivity contribution in [1.29, 1.82) is 0 Å². The van der Waals surface area contributed by atoms with E-state index in [9.17, 15) is 4.21 Å². The van der Waals surface area contributed by atoms with Crippen LogP contribution in [0, 0.1) is 0 Å². The van der Waals surface area contributed by atoms with Gasteiger partial charge in [0.05, 0.1) is 0 Å². The van der Waals surface area contributed by atoms with Crippen molar-refractivity contribution in [2.24, 2.45) is 0 Å². The first-order chi connectivity index (χ1) is 3.31. The summed E-state index contributed by atoms with van der Waals surface area (Å²) in [4.78, 5) is 0. The maximum Gasteiger partial charge on any atom is 0.169 e. The van der Waals surface area contributed by atoms with Crippen molar-refractivity contribution >= 4 is 11.9 Å². The molecule has 0 amide bonds. The molecule has 0 aliphatic carbocycles. The van der Waals surface area contributed by atoms with Gasteiger partial charge < -0.3 is 5.11 Å². The van der Waals surface area contributed by atoms with Crippen LogP contribution < -0.4 is 0 Å². The molecule has 0 heterocycles. The summed E-state index contributed by atoms with van der Waals surface area (Å²) < 4.78 is 13.7. The van der Waals surface area contributed by atoms with Crippen LogP contribution in [0.5, 0.6) is 0 Å². The van der Waals surface area contributed by atoms with Crippen molar-refractivity contribution in [3.8, 4) is 0 Å². The Bertz CT molecular complexity index is 56.1. The summed E-state index contributed by atoms with van der Waals surface area (Å²) in [5.41, 5.74) is 0. The molecule has 44 valence electrons. The molecule has 0 rings (SSSR count). The molecular weight excluding hydrogens is 116 g/mol. The van der Waals surface area contributed by atoms with Crippen LogP contribution in [-0.2, 0) is 16.1 Å². The highest BCUT2D eigenvalue weighted by molar-refractivity contribution is 7.60. The van der Waals surface area contributed by atoms with E-state index in [0.29, 0.717) is 6.42 Å². The Hall–Kier alpha value is 0.0700. The molecule has 0 aromatic carbocycles. The predicted octanol–water partition coefficient (Wildman–Crippen LogP) is -0.408. The third kappa shape index (κ3) is 3.91. The number of aliphatic hydroxyl groups is 1. The second-order valence-electron chi connectivity index (χ2n) is 1.04. The van der Waals surface area contributed by atoms with Crippen LogP contribution >= 0.6 is 0 Å². The van der Waals surface area contributed by atoms with Gasteiger partial charge in [0, 0.05) is 0 Å². The number of thiol groups is 1. The maximum atomic E-state index is 9.49. The van der Waals surface area contributed by atoms with Gasteiger partial charge in [0.25, 0.3) is 0 Å². The zero-order valence-corrected chi connectivity index (χ0v) is 4.89. The largest absolute Gasteiger partial charge is 0.367 e. The molecule has 0 aliphatic heterocycles. The Morgan fingerprint density at radius 2 is 2.57 bits per heavy atom. The monoisotopic (exact) mass is 124 g/mol. The van der Waals surface area contributed by atoms with Crippen LogP contribution in [0.1, 0.15) is 13.3 Å². The van der Waals surface area contributed by atoms with Gasteiger partial charge in [-0.15, -0.1) is 0 Å². The van der Waals surface area contributed by atoms with Crippen molar-refractivity contribution in [2.75, 3.05) is 0 Å². The third-order valence-electron chi connectivity index (χ3n) is 0.514. The van der Waals surface area contributed by atoms with E-state index in [-0.39, 0.29) is 0 Å². The van der Waals surface area contributed by atoms with Gasteiger partial charge in [-0.3, -0.25) is 4.18 Å². The summed E-state index contributed by atoms with van der Waals surface area (Å²) in [6, 6.07) is 0. The topological polar surface area (TPSA) is 46.5 Å². The summed E-state index contributed by atoms with van der Waals surface area (Å²) in [7, 11) is 0. The van der Waals surface area contributed by atoms with E-state index in [1.165, 1.54) is 0 Å². The lowest BCUT2D eigenvalue weighted by molar-refractivity contribution is -0.00561. The van der Waals surface area contributed by atoms with Crippen LogP contribution in [0.25, 0.3) is 0 Å². The Morgan fingerprint density at radius 3 is 2.71 bits per heavy atom. The molecule has 1 unspecified atom stereocenters. The van der Waals surface area contributed by atoms with Gasteiger partial charge in [-0.25, -0.2) is 4.21 Å². The quantitative estimate of drug-likeness (QED) is 0.397. The minimum absolute atomic E-state index is 0.460. The van der Waals surface area contributed by atoms with Gasteiger partial charge in [-0.05, 0) is 6.42 Å². The van der Waals surface area contributed by atoms with E-state index in [2.05, 4.69) is 4.18 Å². The fraction of sp³-hybridized carbons (Fsp3) is 1.00. The molecule has 4 heteroatoms. The van der Waals surface area contributed by atoms with E-state index in [1.807, 2.05) is 0 Å². The van der Waals surface area contributed by atoms with E-state index < -0.39 is 18.2 Å². The lowest BCUT2D eigenvalue weighted by Gasteiger charge is -1.98. The highest BCUT2D eigenvalue weighted by Gasteiger charge is 1.94. The smallest absolute Gasteiger partial charge is 0.169 e. The van der Waals surface area contributed by atoms with Gasteiger partial charge in [-0.1, -0.05) is 6.92 Å². The standard InChI is InChI=1S/C3H8O3S/c1-2-3(4)6-7-5/h3-4,7H,2H2,1H3. The molecule has 0 aliphatic rings. The summed E-state index contributed by atoms with van der Waals surface area (Å²) in [6.07, 6.45) is -0.408. The summed E-state index contributed by atoms with van der Waals surface area (Å²) >= 11 is -0.460. The first-order valence-electron chi connectivity index (χ1n) is 1.97. The fourth-order valence-electron chi connectivity index (χ4n) is 0.124. The summed E-state index contributed by atoms with van der Waals surface area (Å²) in [5.74, 6) is 0. The first kappa shape index (κ1) is 7.07. The molecule has 1 N–H and O–H groups in total. The molecule has 0 saturated carbocycles. The Labute approximate surface area is 46.0 Å². The predicted molar refractivity (Wildman–Crippen MR) is 26.9 cm³/mol. The minimum atomic E-state index is -0.876. The van der Waals surface area contributed by atoms with E-state index in [0.717, 1.165) is 0 Å². The van der Waals surface area contributed by atoms with Gasteiger partial charge in [0.1, 0.15) is 11.9 Å². The summed E-state index contributed by atoms with van der Waals surface area (Å²) in [6.45, 7) is 1.73. The van der Waals surface area contributed by atoms with Crippen LogP contribution in [0.4, 0.5) is 0 Å². The van der Waals surface area contributed by atoms with Gasteiger partial charge in [-0.2, -0.15) is 0 Å². The number of rotatable bonds is 3. The van der Waals surface area contributed by atoms with Crippen LogP contribution in [0.3, 0.4) is 0 Å². The van der Waals surface area contributed by atoms with Crippen LogP contribution in [-0.4, -0.2) is 15.6 Å². The Morgan fingerprint density at radius 1 is 2.00 bits per heavy atom. The second kappa shape index (κ2) is 4.23. The van der Waals surface area contributed by atoms with Crippen molar-refractivity contribution in [2.45, 2.75) is 19.6 Å². The van der Waals surface area contributed by atoms with Gasteiger partial charge in [0.15, 0.2) is 6.29 Å². The number of hydrogen-bond donors (Lipinski definition) is 2. The maximum absolute atomic E-state index is 9.49. The molecule has 0 fully saturated rings. The lowest BCUT2D eigenvalue weighted by atomic mass is 10.5. The van der Waals surface area contributed by atoms with Gasteiger partial charge in [0.2, 0.25) is 0 Å². The number of hydrogen-bond acceptors (Lipinski definition) is 3. The highest BCUT2D eigenvalue weighted by Crippen LogP contribution is 1.88. The molecule has 0 radical (unpaired) electrons. The zero-order chi connectivity index (χ0) is 5.70. The molecule has 0 bridgehead atoms. The molecule has 1 atom stereocenters. The molecule has 0 spiro atoms. The molecule has 0 saturated heterocycles. The van der Waals surface area contributed by atoms with E-state index >= 15 is 0 Å². The first-order valence-corrected chi connectivity index (χ1v) is 2.70. The van der Waals surface area contributed by atoms with Crippen molar-refractivity contribution in [3.63, 3.8) is 0 Å². The SMILES string of the molecule is CCC(O)O[SH]=O. The number of aliphatic hydroxyl groups excluding tert-OH is 1. The minimum Gasteiger partial charge on any atom is -0.367 e. The Balaban J connectivity index is 2.98. The summed E-state index contributed by atoms with van der Waals surface area (Å²) in [5, 5.41) is 8.43. The van der Waals surface area contributed by atoms with Crippen molar-refractivity contribution in [1.82, 2.24) is 0 Å². The highest BCUT2D eigenvalue weighted by atomic mass is 32.2. The van der Waals surface area contributed by atoms with Crippen molar-refractivity contribution < 1.29 is 13.5 Å². The molecule has 7 heavy (non-hydrogen) atoms. The van der Waals surface area contributed by atoms with E-state index in [4.69, 9.17) is 5.11 Å². The molecule has 0 aromatic heterocycles. The van der Waals surface area contributed by atoms with Crippen LogP contribution in [0.15, 0.2) is 0 Å². The Kier molecular flexibility index (Phi) is 4.28. The van der Waals surface area contributed by atoms with E-state index in [1.54, 1.807) is 6.92 Å². The average Bonchev–Trinajstić information content (AvgIpc) is 1.68. The lowest BCUT2D eigenvalue weighted by Crippen LogP contribution is -2.05. The molecule has 0 aromatic rings. The second-order valence-corrected chi connectivity index (χ2v) is 1.40. The van der Waals surface area contributed by atoms with Crippen LogP contribution in [0.2, 0.25) is 0 Å². The average molecular weight is 124 g/mol. The molecule has 3 nitrogen and oxygen atoms in total. The fourth-order valence-corrected chi connectivity index (χ4v) is 0.373. The normalized spacial score (nSPS) is 14.0. The zero-order valence-electron chi connectivity index (χ0n) is 4.00. The third-order valence-corrected chi connectivity index (χ3v) is 0.843. The van der Waals surface area contributed by atoms with Crippen molar-refractivity contribution in [3.05, 3.63) is 0 Å². The van der Waals surface area contributed by atoms with Gasteiger partial charge >= 0.3 is 0 Å². The molecular formula is C3H8O3S.